The van der Waals surface area contributed by atoms with Gasteiger partial charge in [-0.05, 0) is 36.6 Å². The fourth-order valence-corrected chi connectivity index (χ4v) is 1.22. The predicted molar refractivity (Wildman–Crippen MR) is 49.7 cm³/mol. The predicted octanol–water partition coefficient (Wildman–Crippen LogP) is 1.07. The van der Waals surface area contributed by atoms with E-state index in [0.29, 0.717) is 18.5 Å². The zero-order valence-electron chi connectivity index (χ0n) is 7.71. The molecule has 0 saturated carbocycles. The summed E-state index contributed by atoms with van der Waals surface area (Å²) in [6, 6.07) is 3.71. The Kier molecular flexibility index (Phi) is 3.98. The van der Waals surface area contributed by atoms with E-state index < -0.39 is 11.6 Å². The highest BCUT2D eigenvalue weighted by Gasteiger charge is 2.08. The van der Waals surface area contributed by atoms with Gasteiger partial charge in [-0.1, -0.05) is 6.07 Å². The van der Waals surface area contributed by atoms with E-state index in [1.807, 2.05) is 0 Å². The molecular weight excluding hydrogens is 188 g/mol. The monoisotopic (exact) mass is 201 g/mol. The molecule has 2 nitrogen and oxygen atoms in total. The van der Waals surface area contributed by atoms with Gasteiger partial charge in [0, 0.05) is 6.61 Å². The summed E-state index contributed by atoms with van der Waals surface area (Å²) in [6.07, 6.45) is 0.462. The molecule has 0 saturated heterocycles. The van der Waals surface area contributed by atoms with Gasteiger partial charge in [-0.2, -0.15) is 0 Å². The molecule has 1 rings (SSSR count). The van der Waals surface area contributed by atoms with Crippen molar-refractivity contribution in [2.75, 3.05) is 13.2 Å². The molecule has 4 heteroatoms. The Morgan fingerprint density at radius 1 is 1.29 bits per heavy atom. The molecule has 78 valence electrons. The zero-order valence-corrected chi connectivity index (χ0v) is 7.71. The van der Waals surface area contributed by atoms with Crippen molar-refractivity contribution in [3.8, 4) is 0 Å². The Balaban J connectivity index is 2.72. The average Bonchev–Trinajstić information content (AvgIpc) is 2.19. The van der Waals surface area contributed by atoms with Gasteiger partial charge < -0.3 is 10.8 Å². The summed E-state index contributed by atoms with van der Waals surface area (Å²) in [5.41, 5.74) is 6.02. The molecule has 1 aromatic carbocycles. The third-order valence-corrected chi connectivity index (χ3v) is 2.10. The van der Waals surface area contributed by atoms with Gasteiger partial charge in [0.2, 0.25) is 0 Å². The van der Waals surface area contributed by atoms with E-state index in [9.17, 15) is 8.78 Å². The maximum Gasteiger partial charge on any atom is 0.159 e. The molecule has 0 fully saturated rings. The second-order valence-electron chi connectivity index (χ2n) is 3.24. The van der Waals surface area contributed by atoms with Gasteiger partial charge in [-0.25, -0.2) is 8.78 Å². The molecule has 0 spiro atoms. The number of benzene rings is 1. The molecule has 0 aliphatic heterocycles. The third kappa shape index (κ3) is 2.75. The maximum absolute atomic E-state index is 12.8. The number of halogens is 2. The lowest BCUT2D eigenvalue weighted by Gasteiger charge is -2.11. The van der Waals surface area contributed by atoms with Crippen molar-refractivity contribution in [1.82, 2.24) is 0 Å². The quantitative estimate of drug-likeness (QED) is 0.765. The first kappa shape index (κ1) is 11.1. The van der Waals surface area contributed by atoms with Crippen LogP contribution in [0, 0.1) is 17.6 Å². The lowest BCUT2D eigenvalue weighted by Crippen LogP contribution is -2.20. The highest BCUT2D eigenvalue weighted by atomic mass is 19.2. The van der Waals surface area contributed by atoms with Crippen LogP contribution in [-0.4, -0.2) is 18.3 Å². The van der Waals surface area contributed by atoms with Crippen molar-refractivity contribution in [3.63, 3.8) is 0 Å². The Bertz CT molecular complexity index is 300. The van der Waals surface area contributed by atoms with Crippen molar-refractivity contribution in [2.45, 2.75) is 6.42 Å². The van der Waals surface area contributed by atoms with Crippen molar-refractivity contribution in [3.05, 3.63) is 35.4 Å². The molecule has 1 atom stereocenters. The minimum absolute atomic E-state index is 0.0461. The van der Waals surface area contributed by atoms with E-state index in [1.165, 1.54) is 6.07 Å². The number of rotatable bonds is 4. The van der Waals surface area contributed by atoms with E-state index in [1.54, 1.807) is 0 Å². The highest BCUT2D eigenvalue weighted by Crippen LogP contribution is 2.12. The number of aliphatic hydroxyl groups is 1. The molecule has 0 aliphatic carbocycles. The molecular formula is C10H13F2NO. The molecule has 0 heterocycles. The fraction of sp³-hybridized carbons (Fsp3) is 0.400. The number of aliphatic hydroxyl groups excluding tert-OH is 1. The Hall–Kier alpha value is -1.00. The summed E-state index contributed by atoms with van der Waals surface area (Å²) < 4.78 is 25.3. The van der Waals surface area contributed by atoms with Crippen LogP contribution in [0.2, 0.25) is 0 Å². The molecule has 0 aromatic heterocycles. The van der Waals surface area contributed by atoms with Gasteiger partial charge in [0.25, 0.3) is 0 Å². The molecule has 0 amide bonds. The van der Waals surface area contributed by atoms with Crippen LogP contribution in [0.25, 0.3) is 0 Å². The topological polar surface area (TPSA) is 46.2 Å². The summed E-state index contributed by atoms with van der Waals surface area (Å²) in [5, 5.41) is 8.86. The lowest BCUT2D eigenvalue weighted by atomic mass is 10.0. The standard InChI is InChI=1S/C10H13F2NO/c11-9-2-1-7(4-10(9)12)3-8(5-13)6-14/h1-2,4,8,14H,3,5-6,13H2. The first-order valence-electron chi connectivity index (χ1n) is 4.42. The first-order chi connectivity index (χ1) is 6.67. The second kappa shape index (κ2) is 5.02. The summed E-state index contributed by atoms with van der Waals surface area (Å²) in [5.74, 6) is -1.82. The second-order valence-corrected chi connectivity index (χ2v) is 3.24. The Morgan fingerprint density at radius 3 is 2.50 bits per heavy atom. The number of hydrogen-bond donors (Lipinski definition) is 2. The SMILES string of the molecule is NCC(CO)Cc1ccc(F)c(F)c1. The molecule has 1 unspecified atom stereocenters. The average molecular weight is 201 g/mol. The molecule has 0 bridgehead atoms. The normalized spacial score (nSPS) is 12.9. The van der Waals surface area contributed by atoms with Crippen LogP contribution in [0.15, 0.2) is 18.2 Å². The summed E-state index contributed by atoms with van der Waals surface area (Å²) in [7, 11) is 0. The van der Waals surface area contributed by atoms with Crippen LogP contribution in [0.1, 0.15) is 5.56 Å². The van der Waals surface area contributed by atoms with E-state index >= 15 is 0 Å². The zero-order chi connectivity index (χ0) is 10.6. The summed E-state index contributed by atoms with van der Waals surface area (Å²) in [6.45, 7) is 0.283. The molecule has 0 radical (unpaired) electrons. The minimum Gasteiger partial charge on any atom is -0.396 e. The maximum atomic E-state index is 12.8. The third-order valence-electron chi connectivity index (χ3n) is 2.10. The van der Waals surface area contributed by atoms with Gasteiger partial charge in [0.15, 0.2) is 11.6 Å². The van der Waals surface area contributed by atoms with Crippen LogP contribution < -0.4 is 5.73 Å². The van der Waals surface area contributed by atoms with Gasteiger partial charge in [0.05, 0.1) is 0 Å². The van der Waals surface area contributed by atoms with Crippen LogP contribution >= 0.6 is 0 Å². The van der Waals surface area contributed by atoms with Crippen LogP contribution in [0.5, 0.6) is 0 Å². The smallest absolute Gasteiger partial charge is 0.159 e. The first-order valence-corrected chi connectivity index (χ1v) is 4.42. The van der Waals surface area contributed by atoms with E-state index in [2.05, 4.69) is 0 Å². The summed E-state index contributed by atoms with van der Waals surface area (Å²) >= 11 is 0. The molecule has 3 N–H and O–H groups in total. The van der Waals surface area contributed by atoms with Crippen molar-refractivity contribution in [1.29, 1.82) is 0 Å². The van der Waals surface area contributed by atoms with Gasteiger partial charge in [0.1, 0.15) is 0 Å². The van der Waals surface area contributed by atoms with E-state index in [-0.39, 0.29) is 12.5 Å². The minimum atomic E-state index is -0.865. The Morgan fingerprint density at radius 2 is 2.00 bits per heavy atom. The van der Waals surface area contributed by atoms with E-state index in [0.717, 1.165) is 12.1 Å². The largest absolute Gasteiger partial charge is 0.396 e. The van der Waals surface area contributed by atoms with E-state index in [4.69, 9.17) is 10.8 Å². The van der Waals surface area contributed by atoms with Crippen molar-refractivity contribution >= 4 is 0 Å². The summed E-state index contributed by atoms with van der Waals surface area (Å²) in [4.78, 5) is 0. The molecule has 14 heavy (non-hydrogen) atoms. The van der Waals surface area contributed by atoms with Crippen molar-refractivity contribution < 1.29 is 13.9 Å². The highest BCUT2D eigenvalue weighted by molar-refractivity contribution is 5.18. The van der Waals surface area contributed by atoms with Gasteiger partial charge in [-0.15, -0.1) is 0 Å². The van der Waals surface area contributed by atoms with Crippen LogP contribution in [-0.2, 0) is 6.42 Å². The fourth-order valence-electron chi connectivity index (χ4n) is 1.22. The lowest BCUT2D eigenvalue weighted by molar-refractivity contribution is 0.229. The van der Waals surface area contributed by atoms with Gasteiger partial charge >= 0.3 is 0 Å². The molecule has 1 aromatic rings. The van der Waals surface area contributed by atoms with Crippen LogP contribution in [0.3, 0.4) is 0 Å². The number of hydrogen-bond acceptors (Lipinski definition) is 2. The van der Waals surface area contributed by atoms with Crippen molar-refractivity contribution in [2.24, 2.45) is 11.7 Å². The van der Waals surface area contributed by atoms with Crippen LogP contribution in [0.4, 0.5) is 8.78 Å². The Labute approximate surface area is 81.4 Å². The molecule has 0 aliphatic rings. The number of nitrogens with two attached hydrogens (primary N) is 1. The van der Waals surface area contributed by atoms with Gasteiger partial charge in [-0.3, -0.25) is 0 Å².